The summed E-state index contributed by atoms with van der Waals surface area (Å²) in [6.07, 6.45) is -0.258. The Kier molecular flexibility index (Phi) is 6.37. The van der Waals surface area contributed by atoms with Crippen LogP contribution < -0.4 is 5.32 Å². The summed E-state index contributed by atoms with van der Waals surface area (Å²) in [4.78, 5) is 25.0. The fraction of sp³-hybridized carbons (Fsp3) is 0.500. The zero-order chi connectivity index (χ0) is 16.0. The van der Waals surface area contributed by atoms with Gasteiger partial charge in [-0.15, -0.1) is 0 Å². The molecular weight excluding hydrogens is 268 g/mol. The summed E-state index contributed by atoms with van der Waals surface area (Å²) in [5.74, 6) is -0.435. The van der Waals surface area contributed by atoms with E-state index in [1.165, 1.54) is 11.8 Å². The minimum Gasteiger partial charge on any atom is -0.386 e. The Morgan fingerprint density at radius 1 is 1.29 bits per heavy atom. The van der Waals surface area contributed by atoms with Gasteiger partial charge < -0.3 is 15.3 Å². The van der Waals surface area contributed by atoms with Gasteiger partial charge in [-0.1, -0.05) is 37.3 Å². The summed E-state index contributed by atoms with van der Waals surface area (Å²) in [6, 6.07) is 8.27. The summed E-state index contributed by atoms with van der Waals surface area (Å²) >= 11 is 0. The number of carbonyl (C=O) groups excluding carboxylic acids is 2. The topological polar surface area (TPSA) is 69.6 Å². The van der Waals surface area contributed by atoms with Crippen LogP contribution in [0.3, 0.4) is 0 Å². The minimum absolute atomic E-state index is 0.199. The van der Waals surface area contributed by atoms with Crippen molar-refractivity contribution in [1.29, 1.82) is 0 Å². The summed E-state index contributed by atoms with van der Waals surface area (Å²) in [6.45, 7) is 5.01. The zero-order valence-corrected chi connectivity index (χ0v) is 13.0. The lowest BCUT2D eigenvalue weighted by molar-refractivity contribution is -0.138. The van der Waals surface area contributed by atoms with Gasteiger partial charge in [0.1, 0.15) is 6.04 Å². The van der Waals surface area contributed by atoms with Crippen molar-refractivity contribution in [2.45, 2.75) is 45.4 Å². The highest BCUT2D eigenvalue weighted by molar-refractivity contribution is 5.86. The summed E-state index contributed by atoms with van der Waals surface area (Å²) in [5.41, 5.74) is 0.761. The van der Waals surface area contributed by atoms with Crippen molar-refractivity contribution in [3.8, 4) is 0 Å². The number of hydrogen-bond donors (Lipinski definition) is 2. The van der Waals surface area contributed by atoms with E-state index < -0.39 is 12.1 Å². The summed E-state index contributed by atoms with van der Waals surface area (Å²) < 4.78 is 0. The second kappa shape index (κ2) is 7.78. The molecule has 3 atom stereocenters. The third-order valence-corrected chi connectivity index (χ3v) is 3.64. The number of rotatable bonds is 6. The highest BCUT2D eigenvalue weighted by Crippen LogP contribution is 2.20. The van der Waals surface area contributed by atoms with E-state index in [0.29, 0.717) is 6.42 Å². The second-order valence-electron chi connectivity index (χ2n) is 5.21. The van der Waals surface area contributed by atoms with Gasteiger partial charge in [-0.3, -0.25) is 9.59 Å². The predicted octanol–water partition coefficient (Wildman–Crippen LogP) is 1.48. The van der Waals surface area contributed by atoms with Crippen molar-refractivity contribution in [2.24, 2.45) is 0 Å². The van der Waals surface area contributed by atoms with Crippen LogP contribution in [0.4, 0.5) is 0 Å². The number of aliphatic hydroxyl groups excluding tert-OH is 1. The first kappa shape index (κ1) is 17.2. The van der Waals surface area contributed by atoms with Crippen molar-refractivity contribution < 1.29 is 14.7 Å². The van der Waals surface area contributed by atoms with Gasteiger partial charge in [0.2, 0.25) is 11.8 Å². The van der Waals surface area contributed by atoms with Crippen LogP contribution in [0.2, 0.25) is 0 Å². The third kappa shape index (κ3) is 4.56. The molecule has 116 valence electrons. The third-order valence-electron chi connectivity index (χ3n) is 3.64. The van der Waals surface area contributed by atoms with Crippen LogP contribution >= 0.6 is 0 Å². The maximum Gasteiger partial charge on any atom is 0.245 e. The lowest BCUT2D eigenvalue weighted by Gasteiger charge is -2.32. The summed E-state index contributed by atoms with van der Waals surface area (Å²) in [7, 11) is 1.64. The number of nitrogens with zero attached hydrogens (tertiary/aromatic N) is 1. The number of aliphatic hydroxyl groups is 1. The molecule has 0 aromatic heterocycles. The van der Waals surface area contributed by atoms with Crippen LogP contribution in [0.5, 0.6) is 0 Å². The number of amides is 2. The van der Waals surface area contributed by atoms with E-state index in [0.717, 1.165) is 5.56 Å². The molecule has 0 heterocycles. The van der Waals surface area contributed by atoms with Gasteiger partial charge in [0.05, 0.1) is 12.1 Å². The number of likely N-dealkylation sites (N-methyl/N-ethyl adjacent to an activating group) is 1. The van der Waals surface area contributed by atoms with E-state index in [1.54, 1.807) is 14.0 Å². The maximum atomic E-state index is 12.4. The smallest absolute Gasteiger partial charge is 0.245 e. The van der Waals surface area contributed by atoms with Crippen LogP contribution in [0.25, 0.3) is 0 Å². The molecule has 21 heavy (non-hydrogen) atoms. The van der Waals surface area contributed by atoms with E-state index >= 15 is 0 Å². The van der Waals surface area contributed by atoms with E-state index in [4.69, 9.17) is 0 Å². The van der Waals surface area contributed by atoms with Gasteiger partial charge in [-0.25, -0.2) is 0 Å². The van der Waals surface area contributed by atoms with Crippen molar-refractivity contribution in [3.63, 3.8) is 0 Å². The molecule has 0 unspecified atom stereocenters. The fourth-order valence-electron chi connectivity index (χ4n) is 2.17. The first-order valence-corrected chi connectivity index (χ1v) is 7.15. The number of nitrogens with one attached hydrogen (secondary N) is 1. The van der Waals surface area contributed by atoms with Crippen LogP contribution in [0, 0.1) is 0 Å². The number of hydrogen-bond acceptors (Lipinski definition) is 3. The largest absolute Gasteiger partial charge is 0.386 e. The quantitative estimate of drug-likeness (QED) is 0.834. The average molecular weight is 292 g/mol. The van der Waals surface area contributed by atoms with E-state index in [2.05, 4.69) is 5.32 Å². The Bertz CT molecular complexity index is 476. The van der Waals surface area contributed by atoms with Crippen molar-refractivity contribution in [3.05, 3.63) is 35.9 Å². The predicted molar refractivity (Wildman–Crippen MR) is 81.5 cm³/mol. The van der Waals surface area contributed by atoms with Gasteiger partial charge in [0.15, 0.2) is 0 Å². The molecule has 0 saturated heterocycles. The average Bonchev–Trinajstić information content (AvgIpc) is 2.50. The molecule has 0 spiro atoms. The molecule has 2 amide bonds. The molecule has 1 aromatic carbocycles. The number of benzene rings is 1. The molecule has 5 heteroatoms. The molecule has 1 rings (SSSR count). The van der Waals surface area contributed by atoms with Gasteiger partial charge in [0.25, 0.3) is 0 Å². The van der Waals surface area contributed by atoms with Gasteiger partial charge >= 0.3 is 0 Å². The second-order valence-corrected chi connectivity index (χ2v) is 5.21. The molecule has 0 aliphatic rings. The molecule has 0 aliphatic carbocycles. The lowest BCUT2D eigenvalue weighted by Crippen LogP contribution is -2.50. The lowest BCUT2D eigenvalue weighted by atomic mass is 10.0. The van der Waals surface area contributed by atoms with E-state index in [-0.39, 0.29) is 17.9 Å². The maximum absolute atomic E-state index is 12.4. The Morgan fingerprint density at radius 2 is 1.86 bits per heavy atom. The van der Waals surface area contributed by atoms with E-state index in [1.807, 2.05) is 37.3 Å². The molecule has 1 aromatic rings. The minimum atomic E-state index is -0.769. The standard InChI is InChI=1S/C16H24N2O3/c1-5-14(17-12(3)19)16(21)18(4)11(2)15(20)13-9-7-6-8-10-13/h6-11,14-15,20H,5H2,1-4H3,(H,17,19)/t11-,14+,15+/m0/s1. The van der Waals surface area contributed by atoms with Crippen LogP contribution in [-0.4, -0.2) is 41.0 Å². The van der Waals surface area contributed by atoms with Gasteiger partial charge in [-0.2, -0.15) is 0 Å². The fourth-order valence-corrected chi connectivity index (χ4v) is 2.17. The molecule has 0 saturated carbocycles. The Labute approximate surface area is 126 Å². The Balaban J connectivity index is 2.78. The van der Waals surface area contributed by atoms with Crippen LogP contribution in [0.1, 0.15) is 38.9 Å². The Morgan fingerprint density at radius 3 is 2.33 bits per heavy atom. The first-order valence-electron chi connectivity index (χ1n) is 7.15. The number of carbonyl (C=O) groups is 2. The van der Waals surface area contributed by atoms with Crippen molar-refractivity contribution in [2.75, 3.05) is 7.05 Å². The van der Waals surface area contributed by atoms with Crippen molar-refractivity contribution in [1.82, 2.24) is 10.2 Å². The molecule has 0 fully saturated rings. The first-order chi connectivity index (χ1) is 9.88. The molecule has 0 radical (unpaired) electrons. The molecule has 0 aliphatic heterocycles. The molecule has 0 bridgehead atoms. The highest BCUT2D eigenvalue weighted by Gasteiger charge is 2.28. The zero-order valence-electron chi connectivity index (χ0n) is 13.0. The molecule has 2 N–H and O–H groups in total. The van der Waals surface area contributed by atoms with Crippen LogP contribution in [-0.2, 0) is 9.59 Å². The molecule has 5 nitrogen and oxygen atoms in total. The van der Waals surface area contributed by atoms with Crippen molar-refractivity contribution >= 4 is 11.8 Å². The van der Waals surface area contributed by atoms with Crippen LogP contribution in [0.15, 0.2) is 30.3 Å². The normalized spacial score (nSPS) is 14.9. The molecular formula is C16H24N2O3. The Hall–Kier alpha value is -1.88. The van der Waals surface area contributed by atoms with E-state index in [9.17, 15) is 14.7 Å². The summed E-state index contributed by atoms with van der Waals surface area (Å²) in [5, 5.41) is 13.0. The highest BCUT2D eigenvalue weighted by atomic mass is 16.3. The van der Waals surface area contributed by atoms with Gasteiger partial charge in [-0.05, 0) is 18.9 Å². The van der Waals surface area contributed by atoms with Gasteiger partial charge in [0, 0.05) is 14.0 Å². The SMILES string of the molecule is CC[C@@H](NC(C)=O)C(=O)N(C)[C@@H](C)[C@@H](O)c1ccccc1. The monoisotopic (exact) mass is 292 g/mol.